The van der Waals surface area contributed by atoms with Gasteiger partial charge in [0.15, 0.2) is 0 Å². The molecule has 0 amide bonds. The van der Waals surface area contributed by atoms with Gasteiger partial charge in [0.05, 0.1) is 16.5 Å². The Labute approximate surface area is 165 Å². The van der Waals surface area contributed by atoms with Gasteiger partial charge in [-0.3, -0.25) is 4.79 Å². The van der Waals surface area contributed by atoms with Crippen LogP contribution >= 0.6 is 23.2 Å². The van der Waals surface area contributed by atoms with E-state index in [1.807, 2.05) is 30.3 Å². The first kappa shape index (κ1) is 17.6. The maximum absolute atomic E-state index is 12.4. The Morgan fingerprint density at radius 3 is 2.48 bits per heavy atom. The minimum absolute atomic E-state index is 0.209. The lowest BCUT2D eigenvalue weighted by atomic mass is 10.1. The van der Waals surface area contributed by atoms with E-state index >= 15 is 0 Å². The summed E-state index contributed by atoms with van der Waals surface area (Å²) in [5.74, 6) is 0.986. The highest BCUT2D eigenvalue weighted by molar-refractivity contribution is 6.31. The summed E-state index contributed by atoms with van der Waals surface area (Å²) in [7, 11) is 0. The van der Waals surface area contributed by atoms with Crippen molar-refractivity contribution >= 4 is 34.1 Å². The van der Waals surface area contributed by atoms with Crippen LogP contribution in [0.25, 0.3) is 22.3 Å². The molecule has 6 heteroatoms. The molecule has 4 nitrogen and oxygen atoms in total. The van der Waals surface area contributed by atoms with Gasteiger partial charge in [-0.25, -0.2) is 4.98 Å². The van der Waals surface area contributed by atoms with Crippen LogP contribution in [0.3, 0.4) is 0 Å². The topological polar surface area (TPSA) is 55.0 Å². The first-order valence-electron chi connectivity index (χ1n) is 8.26. The van der Waals surface area contributed by atoms with E-state index in [9.17, 15) is 4.79 Å². The van der Waals surface area contributed by atoms with Crippen LogP contribution in [-0.4, -0.2) is 9.97 Å². The van der Waals surface area contributed by atoms with Crippen LogP contribution in [0.5, 0.6) is 5.75 Å². The molecule has 1 heterocycles. The zero-order valence-corrected chi connectivity index (χ0v) is 15.6. The first-order chi connectivity index (χ1) is 13.1. The van der Waals surface area contributed by atoms with E-state index in [1.54, 1.807) is 36.4 Å². The summed E-state index contributed by atoms with van der Waals surface area (Å²) < 4.78 is 5.96. The third-order valence-electron chi connectivity index (χ3n) is 4.12. The van der Waals surface area contributed by atoms with Crippen molar-refractivity contribution < 1.29 is 4.74 Å². The first-order valence-corrected chi connectivity index (χ1v) is 9.02. The number of aromatic amines is 1. The molecule has 0 saturated heterocycles. The second kappa shape index (κ2) is 7.43. The monoisotopic (exact) mass is 396 g/mol. The number of rotatable bonds is 4. The van der Waals surface area contributed by atoms with Gasteiger partial charge in [-0.15, -0.1) is 0 Å². The van der Waals surface area contributed by atoms with Crippen molar-refractivity contribution in [2.24, 2.45) is 0 Å². The molecule has 4 aromatic rings. The number of benzene rings is 3. The molecular weight excluding hydrogens is 383 g/mol. The summed E-state index contributed by atoms with van der Waals surface area (Å²) in [5, 5.41) is 1.73. The predicted molar refractivity (Wildman–Crippen MR) is 109 cm³/mol. The van der Waals surface area contributed by atoms with E-state index in [2.05, 4.69) is 9.97 Å². The standard InChI is InChI=1S/C21H14Cl2N2O2/c22-14-7-5-13(6-8-14)12-27-19-10-9-15(23)11-17(19)20-24-18-4-2-1-3-16(18)21(26)25-20/h1-11H,12H2,(H,24,25,26). The molecule has 0 unspecified atom stereocenters. The number of ether oxygens (including phenoxy) is 1. The maximum Gasteiger partial charge on any atom is 0.259 e. The minimum Gasteiger partial charge on any atom is -0.488 e. The average Bonchev–Trinajstić information content (AvgIpc) is 2.68. The summed E-state index contributed by atoms with van der Waals surface area (Å²) in [6.45, 7) is 0.351. The Bertz CT molecular complexity index is 1170. The fourth-order valence-electron chi connectivity index (χ4n) is 2.77. The molecule has 0 saturated carbocycles. The predicted octanol–water partition coefficient (Wildman–Crippen LogP) is 5.48. The smallest absolute Gasteiger partial charge is 0.259 e. The summed E-state index contributed by atoms with van der Waals surface area (Å²) >= 11 is 12.1. The van der Waals surface area contributed by atoms with Crippen LogP contribution in [0.15, 0.2) is 71.5 Å². The van der Waals surface area contributed by atoms with Crippen molar-refractivity contribution in [1.29, 1.82) is 0 Å². The number of nitrogens with one attached hydrogen (secondary N) is 1. The molecule has 0 aliphatic heterocycles. The largest absolute Gasteiger partial charge is 0.488 e. The number of hydrogen-bond acceptors (Lipinski definition) is 3. The number of fused-ring (bicyclic) bond motifs is 1. The van der Waals surface area contributed by atoms with Gasteiger partial charge >= 0.3 is 0 Å². The molecule has 1 aromatic heterocycles. The highest BCUT2D eigenvalue weighted by Crippen LogP contribution is 2.31. The van der Waals surface area contributed by atoms with E-state index < -0.39 is 0 Å². The Hall–Kier alpha value is -2.82. The van der Waals surface area contributed by atoms with Gasteiger partial charge in [0.25, 0.3) is 5.56 Å². The molecule has 1 N–H and O–H groups in total. The second-order valence-electron chi connectivity index (χ2n) is 5.99. The summed E-state index contributed by atoms with van der Waals surface area (Å²) in [6.07, 6.45) is 0. The van der Waals surface area contributed by atoms with Crippen LogP contribution < -0.4 is 10.3 Å². The third kappa shape index (κ3) is 3.82. The fraction of sp³-hybridized carbons (Fsp3) is 0.0476. The van der Waals surface area contributed by atoms with E-state index in [0.29, 0.717) is 44.7 Å². The van der Waals surface area contributed by atoms with Crippen molar-refractivity contribution in [1.82, 2.24) is 9.97 Å². The van der Waals surface area contributed by atoms with Crippen LogP contribution in [0.1, 0.15) is 5.56 Å². The zero-order valence-electron chi connectivity index (χ0n) is 14.1. The third-order valence-corrected chi connectivity index (χ3v) is 4.60. The minimum atomic E-state index is -0.209. The van der Waals surface area contributed by atoms with Gasteiger partial charge in [-0.05, 0) is 48.0 Å². The van der Waals surface area contributed by atoms with Crippen molar-refractivity contribution in [2.75, 3.05) is 0 Å². The Balaban J connectivity index is 1.73. The van der Waals surface area contributed by atoms with E-state index in [-0.39, 0.29) is 5.56 Å². The van der Waals surface area contributed by atoms with Gasteiger partial charge < -0.3 is 9.72 Å². The number of halogens is 2. The lowest BCUT2D eigenvalue weighted by molar-refractivity contribution is 0.307. The van der Waals surface area contributed by atoms with Gasteiger partial charge in [-0.2, -0.15) is 0 Å². The van der Waals surface area contributed by atoms with E-state index in [4.69, 9.17) is 27.9 Å². The summed E-state index contributed by atoms with van der Waals surface area (Å²) in [4.78, 5) is 19.8. The lowest BCUT2D eigenvalue weighted by Gasteiger charge is -2.12. The van der Waals surface area contributed by atoms with Gasteiger partial charge in [0.1, 0.15) is 18.2 Å². The zero-order chi connectivity index (χ0) is 18.8. The molecule has 27 heavy (non-hydrogen) atoms. The van der Waals surface area contributed by atoms with Gasteiger partial charge in [0.2, 0.25) is 0 Å². The van der Waals surface area contributed by atoms with Crippen molar-refractivity contribution in [2.45, 2.75) is 6.61 Å². The normalized spacial score (nSPS) is 10.9. The molecule has 0 aliphatic carbocycles. The lowest BCUT2D eigenvalue weighted by Crippen LogP contribution is -2.10. The van der Waals surface area contributed by atoms with E-state index in [1.165, 1.54) is 0 Å². The molecule has 0 radical (unpaired) electrons. The van der Waals surface area contributed by atoms with Crippen LogP contribution in [0, 0.1) is 0 Å². The van der Waals surface area contributed by atoms with E-state index in [0.717, 1.165) is 5.56 Å². The number of H-pyrrole nitrogens is 1. The molecular formula is C21H14Cl2N2O2. The fourth-order valence-corrected chi connectivity index (χ4v) is 3.07. The van der Waals surface area contributed by atoms with Crippen LogP contribution in [0.2, 0.25) is 10.0 Å². The van der Waals surface area contributed by atoms with Crippen LogP contribution in [0.4, 0.5) is 0 Å². The summed E-state index contributed by atoms with van der Waals surface area (Å²) in [6, 6.07) is 19.8. The maximum atomic E-state index is 12.4. The number of para-hydroxylation sites is 1. The molecule has 0 atom stereocenters. The number of aromatic nitrogens is 2. The molecule has 134 valence electrons. The average molecular weight is 397 g/mol. The van der Waals surface area contributed by atoms with Crippen molar-refractivity contribution in [3.63, 3.8) is 0 Å². The quantitative estimate of drug-likeness (QED) is 0.497. The van der Waals surface area contributed by atoms with Gasteiger partial charge in [0, 0.05) is 10.0 Å². The number of hydrogen-bond donors (Lipinski definition) is 1. The molecule has 0 spiro atoms. The van der Waals surface area contributed by atoms with Crippen LogP contribution in [-0.2, 0) is 6.61 Å². The highest BCUT2D eigenvalue weighted by atomic mass is 35.5. The number of nitrogens with zero attached hydrogens (tertiary/aromatic N) is 1. The molecule has 0 fully saturated rings. The molecule has 0 bridgehead atoms. The molecule has 3 aromatic carbocycles. The Kier molecular flexibility index (Phi) is 4.84. The van der Waals surface area contributed by atoms with Crippen molar-refractivity contribution in [3.8, 4) is 17.1 Å². The summed E-state index contributed by atoms with van der Waals surface area (Å²) in [5.41, 5.74) is 2.00. The second-order valence-corrected chi connectivity index (χ2v) is 6.86. The van der Waals surface area contributed by atoms with Crippen molar-refractivity contribution in [3.05, 3.63) is 92.7 Å². The molecule has 4 rings (SSSR count). The highest BCUT2D eigenvalue weighted by Gasteiger charge is 2.12. The SMILES string of the molecule is O=c1[nH]c(-c2cc(Cl)ccc2OCc2ccc(Cl)cc2)nc2ccccc12. The van der Waals surface area contributed by atoms with Gasteiger partial charge in [-0.1, -0.05) is 47.5 Å². The Morgan fingerprint density at radius 1 is 0.926 bits per heavy atom. The molecule has 0 aliphatic rings. The Morgan fingerprint density at radius 2 is 1.67 bits per heavy atom.